The normalized spacial score (nSPS) is 16.6. The number of hydrogen-bond acceptors (Lipinski definition) is 3. The molecule has 1 aromatic rings. The Hall–Kier alpha value is -0.830. The summed E-state index contributed by atoms with van der Waals surface area (Å²) in [6.07, 6.45) is 5.61. The van der Waals surface area contributed by atoms with Crippen LogP contribution in [0.4, 0.5) is 5.13 Å². The number of rotatable bonds is 1. The van der Waals surface area contributed by atoms with Gasteiger partial charge in [0.05, 0.1) is 5.69 Å². The molecule has 0 saturated carbocycles. The molecule has 3 heteroatoms. The van der Waals surface area contributed by atoms with E-state index in [1.807, 2.05) is 0 Å². The fourth-order valence-corrected chi connectivity index (χ4v) is 2.35. The third-order valence-corrected chi connectivity index (χ3v) is 3.48. The number of anilines is 1. The zero-order valence-corrected chi connectivity index (χ0v) is 8.90. The molecule has 0 N–H and O–H groups in total. The summed E-state index contributed by atoms with van der Waals surface area (Å²) in [4.78, 5) is 8.22. The van der Waals surface area contributed by atoms with Crippen molar-refractivity contribution in [3.05, 3.63) is 22.7 Å². The molecule has 0 fully saturated rings. The maximum Gasteiger partial charge on any atom is 0.186 e. The van der Waals surface area contributed by atoms with Crippen LogP contribution in [0.15, 0.2) is 12.2 Å². The molecular formula is C10H14N2S. The van der Waals surface area contributed by atoms with Gasteiger partial charge in [-0.25, -0.2) is 4.98 Å². The molecule has 1 aromatic heterocycles. The highest BCUT2D eigenvalue weighted by molar-refractivity contribution is 7.15. The first-order valence-corrected chi connectivity index (χ1v) is 5.43. The molecule has 70 valence electrons. The van der Waals surface area contributed by atoms with Gasteiger partial charge in [-0.05, 0) is 20.3 Å². The van der Waals surface area contributed by atoms with Crippen LogP contribution in [0.5, 0.6) is 0 Å². The molecule has 13 heavy (non-hydrogen) atoms. The number of hydrogen-bond donors (Lipinski definition) is 0. The number of thiazole rings is 1. The second-order valence-corrected chi connectivity index (χ2v) is 4.53. The summed E-state index contributed by atoms with van der Waals surface area (Å²) >= 11 is 1.80. The monoisotopic (exact) mass is 194 g/mol. The summed E-state index contributed by atoms with van der Waals surface area (Å²) < 4.78 is 0. The molecule has 1 aliphatic heterocycles. The van der Waals surface area contributed by atoms with Gasteiger partial charge in [-0.15, -0.1) is 11.3 Å². The van der Waals surface area contributed by atoms with Crippen LogP contribution in [-0.4, -0.2) is 18.1 Å². The molecule has 0 aliphatic carbocycles. The minimum Gasteiger partial charge on any atom is -0.344 e. The standard InChI is InChI=1S/C10H14N2S/c1-8-9(2)13-10(11-8)12-6-4-3-5-7-12/h3-4H,5-7H2,1-2H3. The Labute approximate surface area is 82.9 Å². The SMILES string of the molecule is Cc1nc(N2CC=CCC2)sc1C. The van der Waals surface area contributed by atoms with Crippen LogP contribution in [0.3, 0.4) is 0 Å². The molecule has 0 saturated heterocycles. The quantitative estimate of drug-likeness (QED) is 0.639. The predicted octanol–water partition coefficient (Wildman–Crippen LogP) is 2.53. The van der Waals surface area contributed by atoms with Crippen molar-refractivity contribution in [2.24, 2.45) is 0 Å². The zero-order valence-electron chi connectivity index (χ0n) is 8.08. The Morgan fingerprint density at radius 2 is 2.23 bits per heavy atom. The lowest BCUT2D eigenvalue weighted by Gasteiger charge is -2.22. The lowest BCUT2D eigenvalue weighted by Crippen LogP contribution is -2.26. The summed E-state index contributed by atoms with van der Waals surface area (Å²) in [5, 5.41) is 1.18. The first-order chi connectivity index (χ1) is 6.27. The average Bonchev–Trinajstić information content (AvgIpc) is 2.49. The third kappa shape index (κ3) is 1.75. The van der Waals surface area contributed by atoms with Gasteiger partial charge in [0, 0.05) is 18.0 Å². The minimum absolute atomic E-state index is 1.02. The van der Waals surface area contributed by atoms with E-state index in [-0.39, 0.29) is 0 Å². The summed E-state index contributed by atoms with van der Waals surface area (Å²) in [5.41, 5.74) is 1.18. The highest BCUT2D eigenvalue weighted by atomic mass is 32.1. The first kappa shape index (κ1) is 8.75. The van der Waals surface area contributed by atoms with Gasteiger partial charge in [-0.3, -0.25) is 0 Å². The highest BCUT2D eigenvalue weighted by Crippen LogP contribution is 2.25. The molecule has 0 radical (unpaired) electrons. The fraction of sp³-hybridized carbons (Fsp3) is 0.500. The van der Waals surface area contributed by atoms with Crippen LogP contribution < -0.4 is 4.90 Å². The molecule has 0 amide bonds. The summed E-state index contributed by atoms with van der Waals surface area (Å²) in [7, 11) is 0. The first-order valence-electron chi connectivity index (χ1n) is 4.61. The second-order valence-electron chi connectivity index (χ2n) is 3.34. The van der Waals surface area contributed by atoms with E-state index in [1.54, 1.807) is 11.3 Å². The van der Waals surface area contributed by atoms with Crippen LogP contribution in [0.1, 0.15) is 17.0 Å². The van der Waals surface area contributed by atoms with Crippen molar-refractivity contribution >= 4 is 16.5 Å². The van der Waals surface area contributed by atoms with Crippen LogP contribution in [0.25, 0.3) is 0 Å². The zero-order chi connectivity index (χ0) is 9.26. The lowest BCUT2D eigenvalue weighted by molar-refractivity contribution is 0.815. The number of aromatic nitrogens is 1. The Morgan fingerprint density at radius 3 is 2.77 bits per heavy atom. The van der Waals surface area contributed by atoms with Gasteiger partial charge in [0.25, 0.3) is 0 Å². The van der Waals surface area contributed by atoms with E-state index in [0.29, 0.717) is 0 Å². The van der Waals surface area contributed by atoms with Gasteiger partial charge in [-0.2, -0.15) is 0 Å². The molecule has 0 bridgehead atoms. The molecule has 2 rings (SSSR count). The predicted molar refractivity (Wildman–Crippen MR) is 57.6 cm³/mol. The Morgan fingerprint density at radius 1 is 1.38 bits per heavy atom. The van der Waals surface area contributed by atoms with Gasteiger partial charge in [-0.1, -0.05) is 12.2 Å². The van der Waals surface area contributed by atoms with Crippen molar-refractivity contribution in [1.29, 1.82) is 0 Å². The van der Waals surface area contributed by atoms with Crippen molar-refractivity contribution in [2.75, 3.05) is 18.0 Å². The van der Waals surface area contributed by atoms with Gasteiger partial charge in [0.15, 0.2) is 5.13 Å². The van der Waals surface area contributed by atoms with E-state index in [1.165, 1.54) is 15.7 Å². The van der Waals surface area contributed by atoms with Crippen LogP contribution in [-0.2, 0) is 0 Å². The molecule has 2 nitrogen and oxygen atoms in total. The lowest BCUT2D eigenvalue weighted by atomic mass is 10.3. The van der Waals surface area contributed by atoms with Crippen LogP contribution >= 0.6 is 11.3 Å². The van der Waals surface area contributed by atoms with Crippen molar-refractivity contribution in [3.8, 4) is 0 Å². The van der Waals surface area contributed by atoms with E-state index in [2.05, 4.69) is 35.9 Å². The molecule has 0 aromatic carbocycles. The van der Waals surface area contributed by atoms with Gasteiger partial charge < -0.3 is 4.90 Å². The molecule has 0 spiro atoms. The molecule has 2 heterocycles. The van der Waals surface area contributed by atoms with Crippen molar-refractivity contribution in [2.45, 2.75) is 20.3 Å². The minimum atomic E-state index is 1.02. The average molecular weight is 194 g/mol. The van der Waals surface area contributed by atoms with E-state index in [4.69, 9.17) is 0 Å². The van der Waals surface area contributed by atoms with Crippen LogP contribution in [0, 0.1) is 13.8 Å². The summed E-state index contributed by atoms with van der Waals surface area (Å²) in [6.45, 7) is 6.35. The number of nitrogens with zero attached hydrogens (tertiary/aromatic N) is 2. The largest absolute Gasteiger partial charge is 0.344 e. The smallest absolute Gasteiger partial charge is 0.186 e. The van der Waals surface area contributed by atoms with E-state index in [9.17, 15) is 0 Å². The number of aryl methyl sites for hydroxylation is 2. The topological polar surface area (TPSA) is 16.1 Å². The van der Waals surface area contributed by atoms with Gasteiger partial charge in [0.2, 0.25) is 0 Å². The fourth-order valence-electron chi connectivity index (χ4n) is 1.41. The van der Waals surface area contributed by atoms with Crippen LogP contribution in [0.2, 0.25) is 0 Å². The maximum atomic E-state index is 4.54. The molecule has 0 atom stereocenters. The molecule has 0 unspecified atom stereocenters. The highest BCUT2D eigenvalue weighted by Gasteiger charge is 2.12. The third-order valence-electron chi connectivity index (χ3n) is 2.35. The van der Waals surface area contributed by atoms with E-state index in [0.717, 1.165) is 19.5 Å². The molecular weight excluding hydrogens is 180 g/mol. The maximum absolute atomic E-state index is 4.54. The summed E-state index contributed by atoms with van der Waals surface area (Å²) in [6, 6.07) is 0. The Balaban J connectivity index is 2.20. The summed E-state index contributed by atoms with van der Waals surface area (Å²) in [5.74, 6) is 0. The van der Waals surface area contributed by atoms with Crippen molar-refractivity contribution in [3.63, 3.8) is 0 Å². The van der Waals surface area contributed by atoms with Crippen molar-refractivity contribution in [1.82, 2.24) is 4.98 Å². The van der Waals surface area contributed by atoms with Gasteiger partial charge >= 0.3 is 0 Å². The van der Waals surface area contributed by atoms with Crippen molar-refractivity contribution < 1.29 is 0 Å². The van der Waals surface area contributed by atoms with E-state index >= 15 is 0 Å². The second kappa shape index (κ2) is 3.50. The Bertz CT molecular complexity index is 308. The Kier molecular flexibility index (Phi) is 2.36. The van der Waals surface area contributed by atoms with E-state index < -0.39 is 0 Å². The molecule has 1 aliphatic rings. The van der Waals surface area contributed by atoms with Gasteiger partial charge in [0.1, 0.15) is 0 Å².